The van der Waals surface area contributed by atoms with Crippen molar-refractivity contribution in [3.8, 4) is 0 Å². The molecule has 0 radical (unpaired) electrons. The zero-order valence-electron chi connectivity index (χ0n) is 11.7. The van der Waals surface area contributed by atoms with Gasteiger partial charge in [0.2, 0.25) is 0 Å². The van der Waals surface area contributed by atoms with Gasteiger partial charge in [-0.05, 0) is 30.9 Å². The second-order valence-corrected chi connectivity index (χ2v) is 7.41. The molecule has 4 nitrogen and oxygen atoms in total. The minimum Gasteiger partial charge on any atom is -0.303 e. The van der Waals surface area contributed by atoms with Crippen LogP contribution in [-0.4, -0.2) is 24.4 Å². The third kappa shape index (κ3) is 4.07. The van der Waals surface area contributed by atoms with E-state index < -0.39 is 7.67 Å². The van der Waals surface area contributed by atoms with Crippen LogP contribution >= 0.6 is 7.67 Å². The predicted molar refractivity (Wildman–Crippen MR) is 79.3 cm³/mol. The first-order valence-electron chi connectivity index (χ1n) is 6.93. The molecule has 0 amide bonds. The van der Waals surface area contributed by atoms with Crippen LogP contribution < -0.4 is 5.09 Å². The van der Waals surface area contributed by atoms with E-state index >= 15 is 0 Å². The Morgan fingerprint density at radius 2 is 2.11 bits per heavy atom. The Labute approximate surface area is 115 Å². The van der Waals surface area contributed by atoms with E-state index in [9.17, 15) is 4.57 Å². The highest BCUT2D eigenvalue weighted by Gasteiger charge is 2.34. The second kappa shape index (κ2) is 6.56. The Hall–Kier alpha value is -0.830. The lowest BCUT2D eigenvalue weighted by Gasteiger charge is -2.35. The number of benzene rings is 1. The van der Waals surface area contributed by atoms with E-state index in [2.05, 4.69) is 18.9 Å². The first-order chi connectivity index (χ1) is 9.10. The normalized spacial score (nSPS) is 24.6. The molecule has 1 aromatic carbocycles. The summed E-state index contributed by atoms with van der Waals surface area (Å²) in [6.45, 7) is 6.58. The molecule has 1 atom stereocenters. The molecule has 1 N–H and O–H groups in total. The van der Waals surface area contributed by atoms with E-state index in [0.29, 0.717) is 12.5 Å². The van der Waals surface area contributed by atoms with Crippen LogP contribution in [0, 0.1) is 5.92 Å². The minimum absolute atomic E-state index is 0.565. The maximum atomic E-state index is 12.9. The Balaban J connectivity index is 2.06. The van der Waals surface area contributed by atoms with Gasteiger partial charge in [-0.25, -0.2) is 9.24 Å². The lowest BCUT2D eigenvalue weighted by atomic mass is 10.1. The molecule has 1 aromatic rings. The summed E-state index contributed by atoms with van der Waals surface area (Å²) in [5, 5.41) is 3.09. The first kappa shape index (κ1) is 14.6. The molecule has 0 aliphatic carbocycles. The Kier molecular flexibility index (Phi) is 5.03. The van der Waals surface area contributed by atoms with Gasteiger partial charge in [-0.15, -0.1) is 0 Å². The average molecular weight is 282 g/mol. The van der Waals surface area contributed by atoms with Crippen molar-refractivity contribution < 1.29 is 9.09 Å². The molecular formula is C14H23N2O2P. The number of hydrogen-bond acceptors (Lipinski definition) is 2. The Morgan fingerprint density at radius 3 is 2.79 bits per heavy atom. The fourth-order valence-electron chi connectivity index (χ4n) is 2.08. The molecule has 1 fully saturated rings. The van der Waals surface area contributed by atoms with Crippen LogP contribution in [0.4, 0.5) is 5.69 Å². The Morgan fingerprint density at radius 1 is 1.37 bits per heavy atom. The third-order valence-electron chi connectivity index (χ3n) is 3.21. The standard InChI is InChI=1S/C14H23N2O2P/c1-13(2)9-11-16-10-6-12-18-19(16,17)15-14-7-4-3-5-8-14/h3-5,7-8,13H,6,9-12H2,1-2H3,(H,15,17). The van der Waals surface area contributed by atoms with Crippen LogP contribution in [0.1, 0.15) is 26.7 Å². The summed E-state index contributed by atoms with van der Waals surface area (Å²) in [6.07, 6.45) is 1.97. The van der Waals surface area contributed by atoms with Gasteiger partial charge in [0.25, 0.3) is 0 Å². The third-order valence-corrected chi connectivity index (χ3v) is 5.43. The van der Waals surface area contributed by atoms with Gasteiger partial charge in [-0.2, -0.15) is 0 Å². The number of hydrogen-bond donors (Lipinski definition) is 1. The molecular weight excluding hydrogens is 259 g/mol. The highest BCUT2D eigenvalue weighted by molar-refractivity contribution is 7.58. The topological polar surface area (TPSA) is 41.6 Å². The summed E-state index contributed by atoms with van der Waals surface area (Å²) < 4.78 is 20.5. The van der Waals surface area contributed by atoms with Crippen LogP contribution in [0.5, 0.6) is 0 Å². The molecule has 0 bridgehead atoms. The molecule has 0 saturated carbocycles. The number of nitrogens with zero attached hydrogens (tertiary/aromatic N) is 1. The fraction of sp³-hybridized carbons (Fsp3) is 0.571. The summed E-state index contributed by atoms with van der Waals surface area (Å²) in [5.74, 6) is 0.604. The average Bonchev–Trinajstić information content (AvgIpc) is 2.38. The van der Waals surface area contributed by atoms with Gasteiger partial charge in [0, 0.05) is 18.8 Å². The summed E-state index contributed by atoms with van der Waals surface area (Å²) in [7, 11) is -2.92. The minimum atomic E-state index is -2.92. The summed E-state index contributed by atoms with van der Waals surface area (Å²) >= 11 is 0. The summed E-state index contributed by atoms with van der Waals surface area (Å²) in [6, 6.07) is 9.63. The molecule has 0 spiro atoms. The van der Waals surface area contributed by atoms with E-state index in [1.807, 2.05) is 35.0 Å². The van der Waals surface area contributed by atoms with E-state index in [1.54, 1.807) is 0 Å². The van der Waals surface area contributed by atoms with Crippen molar-refractivity contribution in [1.82, 2.24) is 4.67 Å². The van der Waals surface area contributed by atoms with Crippen molar-refractivity contribution >= 4 is 13.4 Å². The molecule has 1 aliphatic heterocycles. The highest BCUT2D eigenvalue weighted by Crippen LogP contribution is 2.52. The number of rotatable bonds is 5. The van der Waals surface area contributed by atoms with Crippen LogP contribution in [-0.2, 0) is 9.09 Å². The molecule has 1 heterocycles. The number of nitrogens with one attached hydrogen (secondary N) is 1. The number of anilines is 1. The Bertz CT molecular complexity index is 436. The maximum absolute atomic E-state index is 12.9. The van der Waals surface area contributed by atoms with Crippen molar-refractivity contribution in [3.05, 3.63) is 30.3 Å². The van der Waals surface area contributed by atoms with Crippen molar-refractivity contribution in [2.75, 3.05) is 24.8 Å². The smallest absolute Gasteiger partial charge is 0.303 e. The lowest BCUT2D eigenvalue weighted by Crippen LogP contribution is -2.32. The van der Waals surface area contributed by atoms with Crippen molar-refractivity contribution in [2.24, 2.45) is 5.92 Å². The number of para-hydroxylation sites is 1. The summed E-state index contributed by atoms with van der Waals surface area (Å²) in [5.41, 5.74) is 0.849. The van der Waals surface area contributed by atoms with Crippen LogP contribution in [0.3, 0.4) is 0 Å². The molecule has 0 aromatic heterocycles. The molecule has 19 heavy (non-hydrogen) atoms. The van der Waals surface area contributed by atoms with Crippen molar-refractivity contribution in [3.63, 3.8) is 0 Å². The quantitative estimate of drug-likeness (QED) is 0.830. The van der Waals surface area contributed by atoms with E-state index in [0.717, 1.165) is 31.6 Å². The fourth-order valence-corrected chi connectivity index (χ4v) is 4.08. The molecule has 2 rings (SSSR count). The van der Waals surface area contributed by atoms with Crippen molar-refractivity contribution in [1.29, 1.82) is 0 Å². The maximum Gasteiger partial charge on any atom is 0.368 e. The molecule has 1 aliphatic rings. The molecule has 5 heteroatoms. The predicted octanol–water partition coefficient (Wildman–Crippen LogP) is 3.98. The molecule has 1 saturated heterocycles. The van der Waals surface area contributed by atoms with Crippen LogP contribution in [0.25, 0.3) is 0 Å². The lowest BCUT2D eigenvalue weighted by molar-refractivity contribution is 0.205. The van der Waals surface area contributed by atoms with E-state index in [-0.39, 0.29) is 0 Å². The van der Waals surface area contributed by atoms with Gasteiger partial charge >= 0.3 is 7.67 Å². The zero-order chi connectivity index (χ0) is 13.7. The van der Waals surface area contributed by atoms with E-state index in [4.69, 9.17) is 4.52 Å². The van der Waals surface area contributed by atoms with Gasteiger partial charge in [0.15, 0.2) is 0 Å². The van der Waals surface area contributed by atoms with Crippen LogP contribution in [0.2, 0.25) is 0 Å². The van der Waals surface area contributed by atoms with Gasteiger partial charge in [0.1, 0.15) is 0 Å². The van der Waals surface area contributed by atoms with Gasteiger partial charge < -0.3 is 9.61 Å². The molecule has 106 valence electrons. The monoisotopic (exact) mass is 282 g/mol. The highest BCUT2D eigenvalue weighted by atomic mass is 31.2. The SMILES string of the molecule is CC(C)CCN1CCCOP1(=O)Nc1ccccc1. The van der Waals surface area contributed by atoms with E-state index in [1.165, 1.54) is 0 Å². The molecule has 1 unspecified atom stereocenters. The van der Waals surface area contributed by atoms with Gasteiger partial charge in [-0.1, -0.05) is 32.0 Å². The van der Waals surface area contributed by atoms with Gasteiger partial charge in [0.05, 0.1) is 6.61 Å². The van der Waals surface area contributed by atoms with Crippen LogP contribution in [0.15, 0.2) is 30.3 Å². The largest absolute Gasteiger partial charge is 0.368 e. The zero-order valence-corrected chi connectivity index (χ0v) is 12.6. The van der Waals surface area contributed by atoms with Gasteiger partial charge in [-0.3, -0.25) is 0 Å². The first-order valence-corrected chi connectivity index (χ1v) is 8.51. The second-order valence-electron chi connectivity index (χ2n) is 5.32. The van der Waals surface area contributed by atoms with Crippen molar-refractivity contribution in [2.45, 2.75) is 26.7 Å². The summed E-state index contributed by atoms with van der Waals surface area (Å²) in [4.78, 5) is 0.